The topological polar surface area (TPSA) is 105 Å². The number of benzene rings is 2. The van der Waals surface area contributed by atoms with Crippen molar-refractivity contribution in [1.82, 2.24) is 40.1 Å². The van der Waals surface area contributed by atoms with Gasteiger partial charge in [-0.1, -0.05) is 60.7 Å². The van der Waals surface area contributed by atoms with E-state index < -0.39 is 0 Å². The summed E-state index contributed by atoms with van der Waals surface area (Å²) in [5, 5.41) is 13.7. The van der Waals surface area contributed by atoms with E-state index in [1.54, 1.807) is 17.2 Å². The van der Waals surface area contributed by atoms with Gasteiger partial charge in [0.15, 0.2) is 0 Å². The van der Waals surface area contributed by atoms with Crippen LogP contribution in [0, 0.1) is 0 Å². The fraction of sp³-hybridized carbons (Fsp3) is 0.188. The molecule has 0 unspecified atom stereocenters. The van der Waals surface area contributed by atoms with E-state index in [1.165, 1.54) is 5.56 Å². The Morgan fingerprint density at radius 1 is 0.878 bits per heavy atom. The number of hydrogen-bond acceptors (Lipinski definition) is 7. The Kier molecular flexibility index (Phi) is 6.62. The molecule has 0 radical (unpaired) electrons. The third kappa shape index (κ3) is 5.15. The van der Waals surface area contributed by atoms with Crippen molar-refractivity contribution in [2.45, 2.75) is 25.4 Å². The number of hydrogen-bond donors (Lipinski definition) is 1. The first-order valence-corrected chi connectivity index (χ1v) is 13.8. The molecule has 1 fully saturated rings. The van der Waals surface area contributed by atoms with Gasteiger partial charge >= 0.3 is 0 Å². The Bertz CT molecular complexity index is 1840. The summed E-state index contributed by atoms with van der Waals surface area (Å²) in [4.78, 5) is 28.7. The van der Waals surface area contributed by atoms with Gasteiger partial charge in [0.1, 0.15) is 5.69 Å². The molecule has 2 aromatic carbocycles. The quantitative estimate of drug-likeness (QED) is 0.312. The van der Waals surface area contributed by atoms with Crippen molar-refractivity contribution in [1.29, 1.82) is 0 Å². The molecule has 7 rings (SSSR count). The summed E-state index contributed by atoms with van der Waals surface area (Å²) in [6.07, 6.45) is 5.32. The summed E-state index contributed by atoms with van der Waals surface area (Å²) in [6, 6.07) is 28.5. The predicted molar refractivity (Wildman–Crippen MR) is 158 cm³/mol. The van der Waals surface area contributed by atoms with Crippen LogP contribution in [0.25, 0.3) is 44.8 Å². The van der Waals surface area contributed by atoms with Gasteiger partial charge in [-0.25, -0.2) is 4.98 Å². The van der Waals surface area contributed by atoms with E-state index in [-0.39, 0.29) is 11.6 Å². The number of fused-ring (bicyclic) bond motifs is 1. The lowest BCUT2D eigenvalue weighted by Gasteiger charge is -2.31. The lowest BCUT2D eigenvalue weighted by molar-refractivity contribution is 0.164. The molecule has 5 heterocycles. The van der Waals surface area contributed by atoms with Crippen LogP contribution in [-0.2, 0) is 6.54 Å². The van der Waals surface area contributed by atoms with E-state index >= 15 is 0 Å². The minimum absolute atomic E-state index is 0.133. The summed E-state index contributed by atoms with van der Waals surface area (Å²) < 4.78 is 0. The number of rotatable bonds is 6. The van der Waals surface area contributed by atoms with Crippen molar-refractivity contribution in [3.63, 3.8) is 0 Å². The van der Waals surface area contributed by atoms with Gasteiger partial charge in [-0.15, -0.1) is 10.2 Å². The summed E-state index contributed by atoms with van der Waals surface area (Å²) in [6.45, 7) is 2.81. The van der Waals surface area contributed by atoms with Crippen molar-refractivity contribution in [2.75, 3.05) is 13.1 Å². The second-order valence-corrected chi connectivity index (χ2v) is 10.3. The number of aromatic amines is 1. The summed E-state index contributed by atoms with van der Waals surface area (Å²) in [5.74, 6) is 0.566. The molecule has 0 aliphatic carbocycles. The SMILES string of the molecule is O=c1[nH]ccc2nc(-c3ccc(CN4CCC(n5nnc(-c6ccccn6)n5)CC4)cc3)c(-c3ccccc3)cc12. The molecule has 6 aromatic rings. The third-order valence-electron chi connectivity index (χ3n) is 7.68. The predicted octanol–water partition coefficient (Wildman–Crippen LogP) is 5.14. The molecular weight excluding hydrogens is 512 g/mol. The largest absolute Gasteiger partial charge is 0.328 e. The second kappa shape index (κ2) is 10.9. The molecule has 41 heavy (non-hydrogen) atoms. The van der Waals surface area contributed by atoms with Gasteiger partial charge in [0, 0.05) is 43.2 Å². The molecule has 0 spiro atoms. The van der Waals surface area contributed by atoms with Crippen LogP contribution in [0.3, 0.4) is 0 Å². The highest BCUT2D eigenvalue weighted by Crippen LogP contribution is 2.33. The number of nitrogens with zero attached hydrogens (tertiary/aromatic N) is 7. The molecule has 1 aliphatic rings. The van der Waals surface area contributed by atoms with Crippen LogP contribution in [0.1, 0.15) is 24.4 Å². The van der Waals surface area contributed by atoms with Gasteiger partial charge in [0.2, 0.25) is 5.82 Å². The number of tetrazole rings is 1. The van der Waals surface area contributed by atoms with Crippen LogP contribution in [0.15, 0.2) is 102 Å². The molecule has 4 aromatic heterocycles. The molecule has 1 saturated heterocycles. The zero-order valence-electron chi connectivity index (χ0n) is 22.4. The number of pyridine rings is 3. The molecule has 9 nitrogen and oxygen atoms in total. The van der Waals surface area contributed by atoms with Crippen LogP contribution in [0.5, 0.6) is 0 Å². The number of nitrogens with one attached hydrogen (secondary N) is 1. The smallest absolute Gasteiger partial charge is 0.257 e. The molecule has 9 heteroatoms. The maximum atomic E-state index is 12.5. The number of piperidine rings is 1. The highest BCUT2D eigenvalue weighted by atomic mass is 16.1. The minimum atomic E-state index is -0.133. The molecule has 0 bridgehead atoms. The average Bonchev–Trinajstić information content (AvgIpc) is 3.53. The first-order valence-electron chi connectivity index (χ1n) is 13.8. The number of likely N-dealkylation sites (tertiary alicyclic amines) is 1. The minimum Gasteiger partial charge on any atom is -0.328 e. The normalized spacial score (nSPS) is 14.4. The fourth-order valence-electron chi connectivity index (χ4n) is 5.48. The van der Waals surface area contributed by atoms with Crippen molar-refractivity contribution >= 4 is 10.9 Å². The summed E-state index contributed by atoms with van der Waals surface area (Å²) in [5.41, 5.74) is 6.40. The van der Waals surface area contributed by atoms with Crippen LogP contribution in [0.2, 0.25) is 0 Å². The van der Waals surface area contributed by atoms with Gasteiger partial charge < -0.3 is 4.98 Å². The zero-order valence-corrected chi connectivity index (χ0v) is 22.4. The third-order valence-corrected chi connectivity index (χ3v) is 7.68. The fourth-order valence-corrected chi connectivity index (χ4v) is 5.48. The summed E-state index contributed by atoms with van der Waals surface area (Å²) >= 11 is 0. The molecular formula is C32H28N8O. The maximum Gasteiger partial charge on any atom is 0.257 e. The standard InChI is InChI=1S/C32H28N8O/c41-32-27-20-26(23-6-2-1-3-7-23)30(35-28(27)13-17-34-32)24-11-9-22(10-12-24)21-39-18-14-25(15-19-39)40-37-31(36-38-40)29-8-4-5-16-33-29/h1-13,16-17,20,25H,14-15,18-19,21H2,(H,34,41). The molecule has 0 saturated carbocycles. The van der Waals surface area contributed by atoms with Gasteiger partial charge in [-0.05, 0) is 53.4 Å². The van der Waals surface area contributed by atoms with E-state index in [0.29, 0.717) is 16.7 Å². The number of H-pyrrole nitrogens is 1. The average molecular weight is 541 g/mol. The molecule has 1 N–H and O–H groups in total. The Hall–Kier alpha value is -5.02. The van der Waals surface area contributed by atoms with Crippen molar-refractivity contribution in [2.24, 2.45) is 0 Å². The Morgan fingerprint density at radius 3 is 2.46 bits per heavy atom. The first kappa shape index (κ1) is 25.0. The zero-order chi connectivity index (χ0) is 27.6. The monoisotopic (exact) mass is 540 g/mol. The van der Waals surface area contributed by atoms with Crippen LogP contribution in [-0.4, -0.2) is 53.1 Å². The van der Waals surface area contributed by atoms with Crippen LogP contribution < -0.4 is 5.56 Å². The molecule has 1 aliphatic heterocycles. The van der Waals surface area contributed by atoms with E-state index in [4.69, 9.17) is 4.98 Å². The van der Waals surface area contributed by atoms with Gasteiger partial charge in [0.05, 0.1) is 22.6 Å². The number of aromatic nitrogens is 7. The van der Waals surface area contributed by atoms with Crippen molar-refractivity contribution < 1.29 is 0 Å². The second-order valence-electron chi connectivity index (χ2n) is 10.3. The lowest BCUT2D eigenvalue weighted by Crippen LogP contribution is -2.34. The van der Waals surface area contributed by atoms with Crippen molar-refractivity contribution in [3.8, 4) is 33.9 Å². The summed E-state index contributed by atoms with van der Waals surface area (Å²) in [7, 11) is 0. The lowest BCUT2D eigenvalue weighted by atomic mass is 9.97. The van der Waals surface area contributed by atoms with Crippen LogP contribution in [0.4, 0.5) is 0 Å². The van der Waals surface area contributed by atoms with E-state index in [9.17, 15) is 4.79 Å². The molecule has 0 amide bonds. The highest BCUT2D eigenvalue weighted by molar-refractivity contribution is 5.91. The van der Waals surface area contributed by atoms with Crippen LogP contribution >= 0.6 is 0 Å². The van der Waals surface area contributed by atoms with E-state index in [2.05, 4.69) is 66.7 Å². The maximum absolute atomic E-state index is 12.5. The van der Waals surface area contributed by atoms with E-state index in [0.717, 1.165) is 60.6 Å². The van der Waals surface area contributed by atoms with Crippen molar-refractivity contribution in [3.05, 3.63) is 113 Å². The Labute approximate surface area is 236 Å². The van der Waals surface area contributed by atoms with E-state index in [1.807, 2.05) is 48.5 Å². The first-order chi connectivity index (χ1) is 20.2. The van der Waals surface area contributed by atoms with Gasteiger partial charge in [-0.3, -0.25) is 14.7 Å². The highest BCUT2D eigenvalue weighted by Gasteiger charge is 2.23. The van der Waals surface area contributed by atoms with Gasteiger partial charge in [0.25, 0.3) is 5.56 Å². The van der Waals surface area contributed by atoms with Gasteiger partial charge in [-0.2, -0.15) is 4.80 Å². The Morgan fingerprint density at radius 2 is 1.68 bits per heavy atom. The Balaban J connectivity index is 1.06. The molecule has 0 atom stereocenters. The molecule has 202 valence electrons.